The Morgan fingerprint density at radius 2 is 2.19 bits per heavy atom. The molecule has 0 aliphatic heterocycles. The average molecular weight is 369 g/mol. The van der Waals surface area contributed by atoms with Crippen molar-refractivity contribution in [1.82, 2.24) is 15.5 Å². The van der Waals surface area contributed by atoms with Crippen molar-refractivity contribution in [2.45, 2.75) is 37.5 Å². The molecule has 2 heterocycles. The highest BCUT2D eigenvalue weighted by Crippen LogP contribution is 2.30. The molecule has 0 saturated carbocycles. The van der Waals surface area contributed by atoms with E-state index in [9.17, 15) is 4.79 Å². The molecule has 1 N–H and O–H groups in total. The maximum Gasteiger partial charge on any atom is 0.277 e. The first-order chi connectivity index (χ1) is 12.7. The molecule has 4 rings (SSSR count). The zero-order valence-electron chi connectivity index (χ0n) is 14.4. The summed E-state index contributed by atoms with van der Waals surface area (Å²) in [5.41, 5.74) is 3.33. The molecule has 2 aromatic heterocycles. The third-order valence-corrected chi connectivity index (χ3v) is 5.35. The van der Waals surface area contributed by atoms with Crippen LogP contribution in [-0.2, 0) is 11.2 Å². The predicted octanol–water partition coefficient (Wildman–Crippen LogP) is 3.92. The summed E-state index contributed by atoms with van der Waals surface area (Å²) in [6, 6.07) is 10.2. The van der Waals surface area contributed by atoms with Gasteiger partial charge in [-0.3, -0.25) is 4.79 Å². The van der Waals surface area contributed by atoms with Crippen molar-refractivity contribution in [3.8, 4) is 11.5 Å². The lowest BCUT2D eigenvalue weighted by Crippen LogP contribution is -2.32. The number of fused-ring (bicyclic) bond motifs is 1. The summed E-state index contributed by atoms with van der Waals surface area (Å²) in [5, 5.41) is 11.5. The highest BCUT2D eigenvalue weighted by atomic mass is 32.2. The van der Waals surface area contributed by atoms with Crippen LogP contribution in [0, 0.1) is 6.92 Å². The fraction of sp³-hybridized carbons (Fsp3) is 0.316. The van der Waals surface area contributed by atoms with E-state index in [1.807, 2.05) is 19.1 Å². The molecule has 134 valence electrons. The standard InChI is InChI=1S/C19H19N3O3S/c1-12-14(9-10-24-12)18-21-22-19(25-18)26-11-17(23)20-16-8-4-6-13-5-2-3-7-15(13)16/h2-3,5,7,9-10,16H,4,6,8,11H2,1H3,(H,20,23)/t16-/m0/s1. The van der Waals surface area contributed by atoms with Gasteiger partial charge >= 0.3 is 0 Å². The van der Waals surface area contributed by atoms with Crippen molar-refractivity contribution in [2.75, 3.05) is 5.75 Å². The van der Waals surface area contributed by atoms with E-state index in [-0.39, 0.29) is 17.7 Å². The summed E-state index contributed by atoms with van der Waals surface area (Å²) in [5.74, 6) is 1.33. The molecule has 6 nitrogen and oxygen atoms in total. The van der Waals surface area contributed by atoms with Crippen molar-refractivity contribution in [2.24, 2.45) is 0 Å². The number of carbonyl (C=O) groups is 1. The number of benzene rings is 1. The minimum atomic E-state index is -0.0315. The molecule has 1 amide bonds. The van der Waals surface area contributed by atoms with Gasteiger partial charge in [-0.1, -0.05) is 36.0 Å². The molecule has 0 radical (unpaired) electrons. The fourth-order valence-electron chi connectivity index (χ4n) is 3.25. The number of aromatic nitrogens is 2. The first-order valence-electron chi connectivity index (χ1n) is 8.58. The number of thioether (sulfide) groups is 1. The van der Waals surface area contributed by atoms with Crippen molar-refractivity contribution in [3.63, 3.8) is 0 Å². The maximum atomic E-state index is 12.3. The van der Waals surface area contributed by atoms with Crippen LogP contribution in [0.15, 0.2) is 50.7 Å². The monoisotopic (exact) mass is 369 g/mol. The molecule has 1 atom stereocenters. The second kappa shape index (κ2) is 7.37. The van der Waals surface area contributed by atoms with E-state index in [2.05, 4.69) is 27.6 Å². The Kier molecular flexibility index (Phi) is 4.79. The summed E-state index contributed by atoms with van der Waals surface area (Å²) in [6.07, 6.45) is 4.72. The van der Waals surface area contributed by atoms with Crippen LogP contribution >= 0.6 is 11.8 Å². The first-order valence-corrected chi connectivity index (χ1v) is 9.57. The molecule has 0 spiro atoms. The van der Waals surface area contributed by atoms with Crippen LogP contribution in [0.25, 0.3) is 11.5 Å². The van der Waals surface area contributed by atoms with Gasteiger partial charge in [-0.15, -0.1) is 10.2 Å². The minimum Gasteiger partial charge on any atom is -0.469 e. The van der Waals surface area contributed by atoms with Gasteiger partial charge in [-0.05, 0) is 43.4 Å². The van der Waals surface area contributed by atoms with Crippen LogP contribution in [0.1, 0.15) is 35.8 Å². The summed E-state index contributed by atoms with van der Waals surface area (Å²) < 4.78 is 10.8. The highest BCUT2D eigenvalue weighted by molar-refractivity contribution is 7.99. The van der Waals surface area contributed by atoms with E-state index in [4.69, 9.17) is 8.83 Å². The summed E-state index contributed by atoms with van der Waals surface area (Å²) in [4.78, 5) is 12.3. The van der Waals surface area contributed by atoms with Gasteiger partial charge in [0.05, 0.1) is 23.6 Å². The molecule has 7 heteroatoms. The van der Waals surface area contributed by atoms with Gasteiger partial charge in [0.1, 0.15) is 5.76 Å². The topological polar surface area (TPSA) is 81.2 Å². The normalized spacial score (nSPS) is 16.3. The maximum absolute atomic E-state index is 12.3. The third-order valence-electron chi connectivity index (χ3n) is 4.53. The molecule has 1 aliphatic carbocycles. The summed E-state index contributed by atoms with van der Waals surface area (Å²) >= 11 is 1.24. The largest absolute Gasteiger partial charge is 0.469 e. The van der Waals surface area contributed by atoms with E-state index >= 15 is 0 Å². The van der Waals surface area contributed by atoms with Crippen LogP contribution in [0.5, 0.6) is 0 Å². The number of carbonyl (C=O) groups excluding carboxylic acids is 1. The zero-order chi connectivity index (χ0) is 17.9. The van der Waals surface area contributed by atoms with Gasteiger partial charge in [-0.2, -0.15) is 0 Å². The zero-order valence-corrected chi connectivity index (χ0v) is 15.2. The first kappa shape index (κ1) is 16.9. The molecule has 0 saturated heterocycles. The number of furan rings is 1. The third kappa shape index (κ3) is 3.53. The molecule has 0 bridgehead atoms. The van der Waals surface area contributed by atoms with Crippen LogP contribution in [-0.4, -0.2) is 21.9 Å². The molecule has 3 aromatic rings. The van der Waals surface area contributed by atoms with Crippen LogP contribution < -0.4 is 5.32 Å². The number of aryl methyl sites for hydroxylation is 2. The number of hydrogen-bond acceptors (Lipinski definition) is 6. The van der Waals surface area contributed by atoms with Gasteiger partial charge in [0, 0.05) is 0 Å². The number of hydrogen-bond donors (Lipinski definition) is 1. The molecule has 1 aromatic carbocycles. The quantitative estimate of drug-likeness (QED) is 0.687. The van der Waals surface area contributed by atoms with Crippen LogP contribution in [0.4, 0.5) is 0 Å². The Morgan fingerprint density at radius 1 is 1.31 bits per heavy atom. The molecular weight excluding hydrogens is 350 g/mol. The summed E-state index contributed by atoms with van der Waals surface area (Å²) in [7, 11) is 0. The van der Waals surface area contributed by atoms with Gasteiger partial charge in [-0.25, -0.2) is 0 Å². The second-order valence-corrected chi connectivity index (χ2v) is 7.19. The lowest BCUT2D eigenvalue weighted by molar-refractivity contribution is -0.119. The van der Waals surface area contributed by atoms with E-state index in [0.717, 1.165) is 30.6 Å². The summed E-state index contributed by atoms with van der Waals surface area (Å²) in [6.45, 7) is 1.84. The van der Waals surface area contributed by atoms with Crippen LogP contribution in [0.3, 0.4) is 0 Å². The van der Waals surface area contributed by atoms with E-state index < -0.39 is 0 Å². The molecular formula is C19H19N3O3S. The molecule has 1 aliphatic rings. The predicted molar refractivity (Wildman–Crippen MR) is 97.7 cm³/mol. The van der Waals surface area contributed by atoms with Gasteiger partial charge in [0.2, 0.25) is 5.91 Å². The number of nitrogens with one attached hydrogen (secondary N) is 1. The number of nitrogens with zero attached hydrogens (tertiary/aromatic N) is 2. The Balaban J connectivity index is 1.35. The number of rotatable bonds is 5. The van der Waals surface area contributed by atoms with Crippen molar-refractivity contribution in [1.29, 1.82) is 0 Å². The van der Waals surface area contributed by atoms with E-state index in [0.29, 0.717) is 11.1 Å². The molecule has 26 heavy (non-hydrogen) atoms. The average Bonchev–Trinajstić information content (AvgIpc) is 3.29. The van der Waals surface area contributed by atoms with Gasteiger partial charge < -0.3 is 14.2 Å². The number of amides is 1. The fourth-order valence-corrected chi connectivity index (χ4v) is 3.83. The van der Waals surface area contributed by atoms with Crippen LogP contribution in [0.2, 0.25) is 0 Å². The SMILES string of the molecule is Cc1occc1-c1nnc(SCC(=O)N[C@H]2CCCc3ccccc32)o1. The lowest BCUT2D eigenvalue weighted by Gasteiger charge is -2.26. The van der Waals surface area contributed by atoms with E-state index in [1.54, 1.807) is 12.3 Å². The second-order valence-electron chi connectivity index (χ2n) is 6.26. The Bertz CT molecular complexity index is 918. The van der Waals surface area contributed by atoms with E-state index in [1.165, 1.54) is 22.9 Å². The van der Waals surface area contributed by atoms with Crippen molar-refractivity contribution >= 4 is 17.7 Å². The Morgan fingerprint density at radius 3 is 3.04 bits per heavy atom. The molecule has 0 fully saturated rings. The minimum absolute atomic E-state index is 0.0315. The highest BCUT2D eigenvalue weighted by Gasteiger charge is 2.22. The Labute approximate surface area is 155 Å². The Hall–Kier alpha value is -2.54. The van der Waals surface area contributed by atoms with Gasteiger partial charge in [0.25, 0.3) is 11.1 Å². The lowest BCUT2D eigenvalue weighted by atomic mass is 9.88. The smallest absolute Gasteiger partial charge is 0.277 e. The molecule has 0 unspecified atom stereocenters. The van der Waals surface area contributed by atoms with Gasteiger partial charge in [0.15, 0.2) is 0 Å². The van der Waals surface area contributed by atoms with Crippen molar-refractivity contribution < 1.29 is 13.6 Å². The van der Waals surface area contributed by atoms with Crippen molar-refractivity contribution in [3.05, 3.63) is 53.5 Å².